The molecule has 0 heterocycles. The van der Waals surface area contributed by atoms with Gasteiger partial charge >= 0.3 is 0 Å². The van der Waals surface area contributed by atoms with Gasteiger partial charge in [0, 0.05) is 0 Å². The third-order valence-corrected chi connectivity index (χ3v) is 2.07. The maximum absolute atomic E-state index is 2.17. The highest BCUT2D eigenvalue weighted by Gasteiger charge is 1.80. The molecule has 0 bridgehead atoms. The van der Waals surface area contributed by atoms with Gasteiger partial charge in [0.1, 0.15) is 0 Å². The molecule has 1 aromatic rings. The molecule has 1 heteroatoms. The van der Waals surface area contributed by atoms with Gasteiger partial charge in [-0.25, -0.2) is 0 Å². The minimum absolute atomic E-state index is 1.28. The third kappa shape index (κ3) is 1.37. The van der Waals surface area contributed by atoms with Crippen LogP contribution in [0.4, 0.5) is 0 Å². The summed E-state index contributed by atoms with van der Waals surface area (Å²) >= 11 is 1.28. The van der Waals surface area contributed by atoms with E-state index in [2.05, 4.69) is 30.3 Å². The van der Waals surface area contributed by atoms with Gasteiger partial charge in [0.15, 0.2) is 0 Å². The van der Waals surface area contributed by atoms with Crippen molar-refractivity contribution in [3.05, 3.63) is 35.9 Å². The zero-order valence-corrected chi connectivity index (χ0v) is 7.09. The topological polar surface area (TPSA) is 0 Å². The molecule has 40 valence electrons. The van der Waals surface area contributed by atoms with Gasteiger partial charge in [-0.15, -0.1) is 0 Å². The minimum Gasteiger partial charge on any atom is -0.0775 e. The van der Waals surface area contributed by atoms with E-state index in [9.17, 15) is 0 Å². The Morgan fingerprint density at radius 3 is 2.12 bits per heavy atom. The van der Waals surface area contributed by atoms with Crippen LogP contribution in [0.15, 0.2) is 30.3 Å². The molecule has 0 amide bonds. The Labute approximate surface area is 58.0 Å². The first-order valence-electron chi connectivity index (χ1n) is 2.97. The third-order valence-electron chi connectivity index (χ3n) is 1.25. The SMILES string of the molecule is [AlH2][CH2]c1ccccc1. The fourth-order valence-corrected chi connectivity index (χ4v) is 1.19. The fraction of sp³-hybridized carbons (Fsp3) is 0.143. The number of hydrogen-bond donors (Lipinski definition) is 0. The summed E-state index contributed by atoms with van der Waals surface area (Å²) in [6, 6.07) is 10.6. The van der Waals surface area contributed by atoms with E-state index < -0.39 is 0 Å². The Morgan fingerprint density at radius 1 is 1.12 bits per heavy atom. The lowest BCUT2D eigenvalue weighted by Gasteiger charge is -1.89. The molecule has 0 atom stereocenters. The fourth-order valence-electron chi connectivity index (χ4n) is 0.714. The van der Waals surface area contributed by atoms with Gasteiger partial charge in [0.25, 0.3) is 0 Å². The lowest BCUT2D eigenvalue weighted by molar-refractivity contribution is 1.40. The molecule has 0 aliphatic heterocycles. The summed E-state index contributed by atoms with van der Waals surface area (Å²) < 4.78 is 0. The van der Waals surface area contributed by atoms with E-state index in [0.29, 0.717) is 0 Å². The van der Waals surface area contributed by atoms with Gasteiger partial charge in [-0.2, -0.15) is 0 Å². The standard InChI is InChI=1S/C7H7.Al.2H/c1-7-5-3-2-4-6-7;;;/h2-6H,1H2;;;. The highest BCUT2D eigenvalue weighted by molar-refractivity contribution is 6.08. The average molecular weight is 120 g/mol. The van der Waals surface area contributed by atoms with Crippen molar-refractivity contribution in [1.82, 2.24) is 0 Å². The van der Waals surface area contributed by atoms with Crippen LogP contribution in [0.2, 0.25) is 0 Å². The lowest BCUT2D eigenvalue weighted by Crippen LogP contribution is -1.78. The molecule has 8 heavy (non-hydrogen) atoms. The summed E-state index contributed by atoms with van der Waals surface area (Å²) in [6.07, 6.45) is 0. The zero-order chi connectivity index (χ0) is 5.82. The Hall–Kier alpha value is -0.248. The molecule has 0 fully saturated rings. The van der Waals surface area contributed by atoms with Crippen LogP contribution in [0, 0.1) is 0 Å². The zero-order valence-electron chi connectivity index (χ0n) is 5.09. The van der Waals surface area contributed by atoms with Crippen molar-refractivity contribution in [2.24, 2.45) is 0 Å². The van der Waals surface area contributed by atoms with Gasteiger partial charge in [-0.3, -0.25) is 0 Å². The summed E-state index contributed by atoms with van der Waals surface area (Å²) in [5.74, 6) is 0. The monoisotopic (exact) mass is 120 g/mol. The van der Waals surface area contributed by atoms with Crippen LogP contribution in [-0.4, -0.2) is 16.3 Å². The van der Waals surface area contributed by atoms with E-state index in [1.807, 2.05) is 0 Å². The van der Waals surface area contributed by atoms with E-state index in [4.69, 9.17) is 0 Å². The van der Waals surface area contributed by atoms with E-state index in [-0.39, 0.29) is 0 Å². The normalized spacial score (nSPS) is 9.00. The first-order valence-corrected chi connectivity index (χ1v) is 4.39. The molecule has 0 aliphatic rings. The van der Waals surface area contributed by atoms with Crippen molar-refractivity contribution in [3.8, 4) is 0 Å². The van der Waals surface area contributed by atoms with Crippen LogP contribution in [-0.2, 0) is 5.28 Å². The smallest absolute Gasteiger partial charge is 0.0775 e. The molecule has 0 unspecified atom stereocenters. The Bertz CT molecular complexity index is 146. The number of rotatable bonds is 1. The van der Waals surface area contributed by atoms with Crippen LogP contribution < -0.4 is 0 Å². The molecule has 0 radical (unpaired) electrons. The van der Waals surface area contributed by atoms with E-state index in [1.165, 1.54) is 27.1 Å². The predicted octanol–water partition coefficient (Wildman–Crippen LogP) is 0.820. The highest BCUT2D eigenvalue weighted by Crippen LogP contribution is 1.95. The molecule has 0 spiro atoms. The van der Waals surface area contributed by atoms with Crippen molar-refractivity contribution < 1.29 is 0 Å². The Kier molecular flexibility index (Phi) is 2.14. The van der Waals surface area contributed by atoms with E-state index >= 15 is 0 Å². The van der Waals surface area contributed by atoms with Gasteiger partial charge in [-0.05, 0) is 0 Å². The van der Waals surface area contributed by atoms with E-state index in [0.717, 1.165) is 0 Å². The maximum atomic E-state index is 2.17. The largest absolute Gasteiger partial charge is 0.218 e. The highest BCUT2D eigenvalue weighted by atomic mass is 27.0. The van der Waals surface area contributed by atoms with Crippen molar-refractivity contribution in [2.45, 2.75) is 5.28 Å². The van der Waals surface area contributed by atoms with Crippen molar-refractivity contribution in [1.29, 1.82) is 0 Å². The van der Waals surface area contributed by atoms with Crippen LogP contribution in [0.3, 0.4) is 0 Å². The molecular weight excluding hydrogens is 111 g/mol. The summed E-state index contributed by atoms with van der Waals surface area (Å²) in [4.78, 5) is 0. The second kappa shape index (κ2) is 2.92. The van der Waals surface area contributed by atoms with Gasteiger partial charge in [0.05, 0.1) is 0 Å². The lowest BCUT2D eigenvalue weighted by atomic mass is 10.2. The molecular formula is C7H9Al. The van der Waals surface area contributed by atoms with Gasteiger partial charge < -0.3 is 0 Å². The van der Waals surface area contributed by atoms with Crippen molar-refractivity contribution in [2.75, 3.05) is 0 Å². The van der Waals surface area contributed by atoms with Crippen molar-refractivity contribution >= 4 is 16.3 Å². The average Bonchev–Trinajstić information content (AvgIpc) is 1.90. The summed E-state index contributed by atoms with van der Waals surface area (Å²) in [5.41, 5.74) is 1.47. The van der Waals surface area contributed by atoms with Crippen LogP contribution in [0.25, 0.3) is 0 Å². The molecule has 0 saturated heterocycles. The van der Waals surface area contributed by atoms with Gasteiger partial charge in [-0.1, -0.05) is 41.2 Å². The molecule has 1 rings (SSSR count). The first-order chi connectivity index (χ1) is 3.93. The van der Waals surface area contributed by atoms with Crippen LogP contribution in [0.1, 0.15) is 5.56 Å². The Morgan fingerprint density at radius 2 is 1.75 bits per heavy atom. The molecule has 0 aromatic heterocycles. The molecule has 0 nitrogen and oxygen atoms in total. The quantitative estimate of drug-likeness (QED) is 0.481. The summed E-state index contributed by atoms with van der Waals surface area (Å²) in [5, 5.41) is 1.28. The summed E-state index contributed by atoms with van der Waals surface area (Å²) in [7, 11) is 0. The second-order valence-corrected chi connectivity index (χ2v) is 2.55. The molecule has 1 aromatic carbocycles. The van der Waals surface area contributed by atoms with E-state index in [1.54, 1.807) is 0 Å². The Balaban J connectivity index is 2.83. The predicted molar refractivity (Wildman–Crippen MR) is 38.7 cm³/mol. The van der Waals surface area contributed by atoms with Crippen LogP contribution >= 0.6 is 0 Å². The van der Waals surface area contributed by atoms with Crippen molar-refractivity contribution in [3.63, 3.8) is 0 Å². The van der Waals surface area contributed by atoms with Crippen LogP contribution in [0.5, 0.6) is 0 Å². The number of hydrogen-bond acceptors (Lipinski definition) is 0. The maximum Gasteiger partial charge on any atom is 0.218 e. The minimum atomic E-state index is 1.28. The molecule has 0 aliphatic carbocycles. The molecule has 0 N–H and O–H groups in total. The van der Waals surface area contributed by atoms with Gasteiger partial charge in [0.2, 0.25) is 16.3 Å². The summed E-state index contributed by atoms with van der Waals surface area (Å²) in [6.45, 7) is 0. The first kappa shape index (κ1) is 5.88. The molecule has 0 saturated carbocycles. The second-order valence-electron chi connectivity index (χ2n) is 1.84. The number of benzene rings is 1.